The summed E-state index contributed by atoms with van der Waals surface area (Å²) in [5.41, 5.74) is 0. The lowest BCUT2D eigenvalue weighted by Crippen LogP contribution is -2.55. The highest BCUT2D eigenvalue weighted by molar-refractivity contribution is 7.91. The van der Waals surface area contributed by atoms with Gasteiger partial charge in [0.2, 0.25) is 11.8 Å². The van der Waals surface area contributed by atoms with Crippen LogP contribution in [0.2, 0.25) is 4.34 Å². The van der Waals surface area contributed by atoms with Gasteiger partial charge < -0.3 is 19.8 Å². The summed E-state index contributed by atoms with van der Waals surface area (Å²) < 4.78 is 29.4. The quantitative estimate of drug-likeness (QED) is 0.451. The summed E-state index contributed by atoms with van der Waals surface area (Å²) in [5.74, 6) is -0.489. The van der Waals surface area contributed by atoms with Crippen LogP contribution in [0, 0.1) is 0 Å². The van der Waals surface area contributed by atoms with E-state index in [9.17, 15) is 18.0 Å². The molecule has 2 unspecified atom stereocenters. The number of halogens is 1. The van der Waals surface area contributed by atoms with Gasteiger partial charge in [-0.1, -0.05) is 11.6 Å². The van der Waals surface area contributed by atoms with Crippen molar-refractivity contribution in [3.05, 3.63) is 28.6 Å². The first-order valence-electron chi connectivity index (χ1n) is 11.9. The van der Waals surface area contributed by atoms with E-state index in [1.54, 1.807) is 12.1 Å². The first-order chi connectivity index (χ1) is 17.2. The highest BCUT2D eigenvalue weighted by Crippen LogP contribution is 2.37. The molecule has 2 aliphatic rings. The van der Waals surface area contributed by atoms with E-state index in [-0.39, 0.29) is 35.2 Å². The number of carbonyl (C=O) groups excluding carboxylic acids is 2. The molecule has 0 bridgehead atoms. The standard InChI is InChI=1S/C23H31ClN4O5S3/c1-26(12-13-29)14-16-4-2-11-28(16)21(30)15-27-10-3-5-17(23(27)31)25-36(32,33)22-9-7-19(35-22)18-6-8-20(24)34-18/h6-9,16-17,25,29H,2-5,10-15H2,1H3. The molecule has 13 heteroatoms. The topological polar surface area (TPSA) is 110 Å². The zero-order valence-electron chi connectivity index (χ0n) is 20.1. The number of amides is 2. The lowest BCUT2D eigenvalue weighted by Gasteiger charge is -2.34. The maximum atomic E-state index is 13.1. The third-order valence-corrected chi connectivity index (χ3v) is 11.0. The highest BCUT2D eigenvalue weighted by atomic mass is 35.5. The molecule has 0 saturated carbocycles. The number of carbonyl (C=O) groups is 2. The number of nitrogens with one attached hydrogen (secondary N) is 1. The van der Waals surface area contributed by atoms with Crippen molar-refractivity contribution < 1.29 is 23.1 Å². The minimum atomic E-state index is -3.90. The van der Waals surface area contributed by atoms with E-state index in [1.165, 1.54) is 22.3 Å². The van der Waals surface area contributed by atoms with Crippen molar-refractivity contribution in [2.24, 2.45) is 0 Å². The number of nitrogens with zero attached hydrogens (tertiary/aromatic N) is 3. The fraction of sp³-hybridized carbons (Fsp3) is 0.565. The van der Waals surface area contributed by atoms with Gasteiger partial charge in [-0.15, -0.1) is 22.7 Å². The summed E-state index contributed by atoms with van der Waals surface area (Å²) in [6.07, 6.45) is 2.79. The molecular formula is C23H31ClN4O5S3. The number of aliphatic hydroxyl groups is 1. The van der Waals surface area contributed by atoms with Gasteiger partial charge in [-0.3, -0.25) is 9.59 Å². The molecule has 0 radical (unpaired) electrons. The molecule has 0 spiro atoms. The summed E-state index contributed by atoms with van der Waals surface area (Å²) in [4.78, 5) is 33.2. The maximum Gasteiger partial charge on any atom is 0.250 e. The van der Waals surface area contributed by atoms with Crippen LogP contribution in [-0.2, 0) is 19.6 Å². The van der Waals surface area contributed by atoms with Crippen molar-refractivity contribution in [1.82, 2.24) is 19.4 Å². The number of thiophene rings is 2. The summed E-state index contributed by atoms with van der Waals surface area (Å²) in [5, 5.41) is 9.14. The number of rotatable bonds is 10. The summed E-state index contributed by atoms with van der Waals surface area (Å²) in [6.45, 7) is 2.28. The molecular weight excluding hydrogens is 544 g/mol. The minimum Gasteiger partial charge on any atom is -0.395 e. The van der Waals surface area contributed by atoms with Crippen LogP contribution in [0.5, 0.6) is 0 Å². The highest BCUT2D eigenvalue weighted by Gasteiger charge is 2.36. The Balaban J connectivity index is 1.37. The SMILES string of the molecule is CN(CCO)CC1CCCN1C(=O)CN1CCCC(NS(=O)(=O)c2ccc(-c3ccc(Cl)s3)s2)C1=O. The van der Waals surface area contributed by atoms with Crippen LogP contribution in [-0.4, -0.2) is 98.5 Å². The van der Waals surface area contributed by atoms with E-state index >= 15 is 0 Å². The lowest BCUT2D eigenvalue weighted by atomic mass is 10.1. The van der Waals surface area contributed by atoms with Crippen LogP contribution < -0.4 is 4.72 Å². The molecule has 198 valence electrons. The number of likely N-dealkylation sites (tertiary alicyclic amines) is 2. The van der Waals surface area contributed by atoms with Crippen molar-refractivity contribution in [2.45, 2.75) is 42.0 Å². The van der Waals surface area contributed by atoms with Crippen molar-refractivity contribution in [3.63, 3.8) is 0 Å². The third kappa shape index (κ3) is 6.47. The van der Waals surface area contributed by atoms with Crippen LogP contribution in [0.3, 0.4) is 0 Å². The zero-order valence-corrected chi connectivity index (χ0v) is 23.3. The number of likely N-dealkylation sites (N-methyl/N-ethyl adjacent to an activating group) is 1. The second-order valence-electron chi connectivity index (χ2n) is 9.17. The van der Waals surface area contributed by atoms with Crippen LogP contribution in [0.1, 0.15) is 25.7 Å². The molecule has 36 heavy (non-hydrogen) atoms. The normalized spacial score (nSPS) is 21.1. The van der Waals surface area contributed by atoms with E-state index in [1.807, 2.05) is 22.9 Å². The number of hydrogen-bond donors (Lipinski definition) is 2. The molecule has 2 saturated heterocycles. The molecule has 9 nitrogen and oxygen atoms in total. The number of sulfonamides is 1. The van der Waals surface area contributed by atoms with Gasteiger partial charge in [-0.05, 0) is 57.0 Å². The molecule has 2 fully saturated rings. The Labute approximate surface area is 224 Å². The molecule has 0 aromatic carbocycles. The largest absolute Gasteiger partial charge is 0.395 e. The minimum absolute atomic E-state index is 0.0505. The Morgan fingerprint density at radius 3 is 2.61 bits per heavy atom. The first-order valence-corrected chi connectivity index (χ1v) is 15.4. The first kappa shape index (κ1) is 27.5. The molecule has 4 heterocycles. The summed E-state index contributed by atoms with van der Waals surface area (Å²) in [7, 11) is -1.99. The fourth-order valence-electron chi connectivity index (χ4n) is 4.73. The van der Waals surface area contributed by atoms with Crippen molar-refractivity contribution in [3.8, 4) is 9.75 Å². The predicted molar refractivity (Wildman–Crippen MR) is 142 cm³/mol. The predicted octanol–water partition coefficient (Wildman–Crippen LogP) is 2.31. The molecule has 2 aromatic rings. The van der Waals surface area contributed by atoms with Gasteiger partial charge in [0.15, 0.2) is 0 Å². The fourth-order valence-corrected chi connectivity index (χ4v) is 8.41. The van der Waals surface area contributed by atoms with Crippen LogP contribution in [0.15, 0.2) is 28.5 Å². The van der Waals surface area contributed by atoms with Gasteiger partial charge in [0.25, 0.3) is 10.0 Å². The molecule has 2 amide bonds. The maximum absolute atomic E-state index is 13.1. The van der Waals surface area contributed by atoms with Gasteiger partial charge in [0, 0.05) is 42.0 Å². The van der Waals surface area contributed by atoms with Crippen molar-refractivity contribution in [1.29, 1.82) is 0 Å². The molecule has 2 N–H and O–H groups in total. The van der Waals surface area contributed by atoms with Crippen LogP contribution in [0.4, 0.5) is 0 Å². The Hall–Kier alpha value is -1.54. The van der Waals surface area contributed by atoms with E-state index < -0.39 is 16.1 Å². The van der Waals surface area contributed by atoms with Gasteiger partial charge in [0.1, 0.15) is 10.3 Å². The number of piperidine rings is 1. The molecule has 2 aliphatic heterocycles. The van der Waals surface area contributed by atoms with E-state index in [4.69, 9.17) is 16.7 Å². The van der Waals surface area contributed by atoms with Gasteiger partial charge in [-0.25, -0.2) is 8.42 Å². The third-order valence-electron chi connectivity index (χ3n) is 6.52. The lowest BCUT2D eigenvalue weighted by molar-refractivity contribution is -0.143. The Morgan fingerprint density at radius 1 is 1.17 bits per heavy atom. The Bertz CT molecular complexity index is 1180. The van der Waals surface area contributed by atoms with Crippen molar-refractivity contribution >= 4 is 56.1 Å². The number of hydrogen-bond acceptors (Lipinski definition) is 8. The van der Waals surface area contributed by atoms with Gasteiger partial charge >= 0.3 is 0 Å². The number of aliphatic hydroxyl groups excluding tert-OH is 1. The average molecular weight is 575 g/mol. The zero-order chi connectivity index (χ0) is 25.9. The van der Waals surface area contributed by atoms with E-state index in [2.05, 4.69) is 4.72 Å². The Kier molecular flexibility index (Phi) is 9.08. The average Bonchev–Trinajstić information content (AvgIpc) is 3.57. The van der Waals surface area contributed by atoms with Gasteiger partial charge in [-0.2, -0.15) is 4.72 Å². The summed E-state index contributed by atoms with van der Waals surface area (Å²) in [6, 6.07) is 6.03. The van der Waals surface area contributed by atoms with Crippen LogP contribution >= 0.6 is 34.3 Å². The van der Waals surface area contributed by atoms with Gasteiger partial charge in [0.05, 0.1) is 17.5 Å². The second-order valence-corrected chi connectivity index (χ2v) is 13.9. The smallest absolute Gasteiger partial charge is 0.250 e. The van der Waals surface area contributed by atoms with Crippen molar-refractivity contribution in [2.75, 3.05) is 46.4 Å². The molecule has 4 rings (SSSR count). The summed E-state index contributed by atoms with van der Waals surface area (Å²) >= 11 is 8.50. The Morgan fingerprint density at radius 2 is 1.89 bits per heavy atom. The molecule has 2 aromatic heterocycles. The molecule has 0 aliphatic carbocycles. The van der Waals surface area contributed by atoms with E-state index in [0.717, 1.165) is 33.9 Å². The monoisotopic (exact) mass is 574 g/mol. The van der Waals surface area contributed by atoms with E-state index in [0.29, 0.717) is 43.4 Å². The second kappa shape index (κ2) is 11.9. The molecule has 2 atom stereocenters. The van der Waals surface area contributed by atoms with Crippen LogP contribution in [0.25, 0.3) is 9.75 Å².